The summed E-state index contributed by atoms with van der Waals surface area (Å²) in [7, 11) is 1.37. The summed E-state index contributed by atoms with van der Waals surface area (Å²) in [4.78, 5) is 14.6. The van der Waals surface area contributed by atoms with Crippen LogP contribution in [0.1, 0.15) is 5.56 Å². The summed E-state index contributed by atoms with van der Waals surface area (Å²) in [6.45, 7) is 3.04. The Kier molecular flexibility index (Phi) is 6.25. The summed E-state index contributed by atoms with van der Waals surface area (Å²) in [5.41, 5.74) is 1.89. The van der Waals surface area contributed by atoms with Gasteiger partial charge in [0.1, 0.15) is 11.6 Å². The lowest BCUT2D eigenvalue weighted by molar-refractivity contribution is -0.112. The van der Waals surface area contributed by atoms with E-state index in [9.17, 15) is 14.4 Å². The highest BCUT2D eigenvalue weighted by molar-refractivity contribution is 6.09. The highest BCUT2D eigenvalue weighted by Gasteiger charge is 2.13. The molecule has 0 saturated carbocycles. The molecule has 0 atom stereocenters. The van der Waals surface area contributed by atoms with Crippen molar-refractivity contribution >= 4 is 23.4 Å². The average molecular weight is 381 g/mol. The zero-order valence-electron chi connectivity index (χ0n) is 15.4. The van der Waals surface area contributed by atoms with E-state index < -0.39 is 11.7 Å². The molecular weight excluding hydrogens is 361 g/mol. The SMILES string of the molecule is COc1ccc(C=C(C#N)C(=O)Nc2ccc(N3CCOCC3)cc2)cc1F. The van der Waals surface area contributed by atoms with Crippen LogP contribution in [0.4, 0.5) is 15.8 Å². The largest absolute Gasteiger partial charge is 0.494 e. The van der Waals surface area contributed by atoms with Gasteiger partial charge in [0, 0.05) is 24.5 Å². The number of nitrogens with zero attached hydrogens (tertiary/aromatic N) is 2. The van der Waals surface area contributed by atoms with E-state index in [1.165, 1.54) is 25.3 Å². The zero-order chi connectivity index (χ0) is 19.9. The van der Waals surface area contributed by atoms with Crippen molar-refractivity contribution in [1.29, 1.82) is 5.26 Å². The quantitative estimate of drug-likeness (QED) is 0.636. The molecule has 0 aliphatic carbocycles. The number of carbonyl (C=O) groups excluding carboxylic acids is 1. The number of rotatable bonds is 5. The van der Waals surface area contributed by atoms with Gasteiger partial charge in [0.05, 0.1) is 20.3 Å². The van der Waals surface area contributed by atoms with E-state index in [0.29, 0.717) is 24.5 Å². The number of anilines is 2. The number of ether oxygens (including phenoxy) is 2. The molecule has 7 heteroatoms. The van der Waals surface area contributed by atoms with E-state index in [2.05, 4.69) is 10.2 Å². The summed E-state index contributed by atoms with van der Waals surface area (Å²) in [6.07, 6.45) is 1.33. The molecule has 0 bridgehead atoms. The van der Waals surface area contributed by atoms with Crippen LogP contribution < -0.4 is 15.0 Å². The van der Waals surface area contributed by atoms with Gasteiger partial charge in [-0.1, -0.05) is 6.07 Å². The second-order valence-electron chi connectivity index (χ2n) is 6.16. The average Bonchev–Trinajstić information content (AvgIpc) is 2.73. The van der Waals surface area contributed by atoms with E-state index in [0.717, 1.165) is 18.8 Å². The molecule has 1 fully saturated rings. The van der Waals surface area contributed by atoms with Crippen LogP contribution in [0.15, 0.2) is 48.0 Å². The van der Waals surface area contributed by atoms with Gasteiger partial charge < -0.3 is 19.7 Å². The van der Waals surface area contributed by atoms with Crippen molar-refractivity contribution < 1.29 is 18.7 Å². The van der Waals surface area contributed by atoms with E-state index >= 15 is 0 Å². The molecule has 1 saturated heterocycles. The molecule has 0 aromatic heterocycles. The number of nitriles is 1. The highest BCUT2D eigenvalue weighted by atomic mass is 19.1. The lowest BCUT2D eigenvalue weighted by atomic mass is 10.1. The van der Waals surface area contributed by atoms with Crippen molar-refractivity contribution in [3.05, 3.63) is 59.4 Å². The minimum atomic E-state index is -0.562. The molecule has 6 nitrogen and oxygen atoms in total. The van der Waals surface area contributed by atoms with E-state index in [1.807, 2.05) is 18.2 Å². The molecule has 1 aliphatic rings. The van der Waals surface area contributed by atoms with E-state index in [-0.39, 0.29) is 11.3 Å². The number of hydrogen-bond acceptors (Lipinski definition) is 5. The molecule has 1 N–H and O–H groups in total. The lowest BCUT2D eigenvalue weighted by Crippen LogP contribution is -2.36. The van der Waals surface area contributed by atoms with Gasteiger partial charge in [-0.05, 0) is 48.0 Å². The minimum Gasteiger partial charge on any atom is -0.494 e. The molecule has 1 heterocycles. The number of methoxy groups -OCH3 is 1. The fourth-order valence-corrected chi connectivity index (χ4v) is 2.86. The molecule has 0 unspecified atom stereocenters. The van der Waals surface area contributed by atoms with E-state index in [1.54, 1.807) is 18.2 Å². The molecule has 2 aromatic carbocycles. The van der Waals surface area contributed by atoms with Gasteiger partial charge in [-0.25, -0.2) is 4.39 Å². The first-order chi connectivity index (χ1) is 13.6. The summed E-state index contributed by atoms with van der Waals surface area (Å²) in [5.74, 6) is -1.02. The van der Waals surface area contributed by atoms with Gasteiger partial charge in [0.15, 0.2) is 11.6 Å². The monoisotopic (exact) mass is 381 g/mol. The maximum Gasteiger partial charge on any atom is 0.266 e. The first-order valence-corrected chi connectivity index (χ1v) is 8.80. The maximum absolute atomic E-state index is 13.8. The molecule has 28 heavy (non-hydrogen) atoms. The lowest BCUT2D eigenvalue weighted by Gasteiger charge is -2.28. The van der Waals surface area contributed by atoms with Crippen LogP contribution in [0.2, 0.25) is 0 Å². The Hall–Kier alpha value is -3.37. The highest BCUT2D eigenvalue weighted by Crippen LogP contribution is 2.21. The summed E-state index contributed by atoms with van der Waals surface area (Å²) in [5, 5.41) is 12.0. The predicted octanol–water partition coefficient (Wildman–Crippen LogP) is 3.22. The Bertz CT molecular complexity index is 913. The zero-order valence-corrected chi connectivity index (χ0v) is 15.4. The fourth-order valence-electron chi connectivity index (χ4n) is 2.86. The second kappa shape index (κ2) is 9.02. The Balaban J connectivity index is 1.70. The Morgan fingerprint density at radius 1 is 1.25 bits per heavy atom. The predicted molar refractivity (Wildman–Crippen MR) is 105 cm³/mol. The minimum absolute atomic E-state index is 0.0977. The van der Waals surface area contributed by atoms with Crippen LogP contribution in [-0.4, -0.2) is 39.3 Å². The molecular formula is C21H20FN3O3. The molecule has 3 rings (SSSR count). The third-order valence-electron chi connectivity index (χ3n) is 4.35. The first-order valence-electron chi connectivity index (χ1n) is 8.80. The van der Waals surface area contributed by atoms with Crippen LogP contribution in [0, 0.1) is 17.1 Å². The Morgan fingerprint density at radius 3 is 2.57 bits per heavy atom. The van der Waals surface area contributed by atoms with Gasteiger partial charge in [-0.15, -0.1) is 0 Å². The van der Waals surface area contributed by atoms with Gasteiger partial charge in [-0.2, -0.15) is 5.26 Å². The molecule has 144 valence electrons. The number of hydrogen-bond donors (Lipinski definition) is 1. The van der Waals surface area contributed by atoms with Crippen LogP contribution in [0.25, 0.3) is 6.08 Å². The van der Waals surface area contributed by atoms with Gasteiger partial charge >= 0.3 is 0 Å². The molecule has 2 aromatic rings. The van der Waals surface area contributed by atoms with Crippen molar-refractivity contribution in [3.8, 4) is 11.8 Å². The second-order valence-corrected chi connectivity index (χ2v) is 6.16. The van der Waals surface area contributed by atoms with Crippen molar-refractivity contribution in [2.75, 3.05) is 43.6 Å². The first kappa shape index (κ1) is 19.4. The third kappa shape index (κ3) is 4.67. The fraction of sp³-hybridized carbons (Fsp3) is 0.238. The molecule has 0 spiro atoms. The number of benzene rings is 2. The van der Waals surface area contributed by atoms with Gasteiger partial charge in [0.25, 0.3) is 5.91 Å². The normalized spacial score (nSPS) is 14.3. The summed E-state index contributed by atoms with van der Waals surface area (Å²) < 4.78 is 24.0. The van der Waals surface area contributed by atoms with Crippen LogP contribution in [0.5, 0.6) is 5.75 Å². The van der Waals surface area contributed by atoms with Crippen LogP contribution >= 0.6 is 0 Å². The number of amides is 1. The standard InChI is InChI=1S/C21H20FN3O3/c1-27-20-7-2-15(13-19(20)22)12-16(14-23)21(26)24-17-3-5-18(6-4-17)25-8-10-28-11-9-25/h2-7,12-13H,8-11H2,1H3,(H,24,26). The topological polar surface area (TPSA) is 74.6 Å². The van der Waals surface area contributed by atoms with Crippen molar-refractivity contribution in [2.45, 2.75) is 0 Å². The number of halogens is 1. The number of morpholine rings is 1. The van der Waals surface area contributed by atoms with Crippen molar-refractivity contribution in [1.82, 2.24) is 0 Å². The summed E-state index contributed by atoms with van der Waals surface area (Å²) >= 11 is 0. The maximum atomic E-state index is 13.8. The van der Waals surface area contributed by atoms with Crippen molar-refractivity contribution in [3.63, 3.8) is 0 Å². The molecule has 1 amide bonds. The van der Waals surface area contributed by atoms with Gasteiger partial charge in [-0.3, -0.25) is 4.79 Å². The Labute approximate surface area is 162 Å². The van der Waals surface area contributed by atoms with E-state index in [4.69, 9.17) is 9.47 Å². The van der Waals surface area contributed by atoms with Crippen LogP contribution in [-0.2, 0) is 9.53 Å². The smallest absolute Gasteiger partial charge is 0.266 e. The molecule has 1 aliphatic heterocycles. The van der Waals surface area contributed by atoms with Crippen molar-refractivity contribution in [2.24, 2.45) is 0 Å². The number of nitrogens with one attached hydrogen (secondary N) is 1. The van der Waals surface area contributed by atoms with Crippen LogP contribution in [0.3, 0.4) is 0 Å². The summed E-state index contributed by atoms with van der Waals surface area (Å²) in [6, 6.07) is 13.5. The van der Waals surface area contributed by atoms with Gasteiger partial charge in [0.2, 0.25) is 0 Å². The Morgan fingerprint density at radius 2 is 1.96 bits per heavy atom. The number of carbonyl (C=O) groups is 1. The molecule has 0 radical (unpaired) electrons. The third-order valence-corrected chi connectivity index (χ3v) is 4.35.